The summed E-state index contributed by atoms with van der Waals surface area (Å²) in [4.78, 5) is 16.7. The molecule has 6 nitrogen and oxygen atoms in total. The van der Waals surface area contributed by atoms with Crippen LogP contribution in [0.25, 0.3) is 11.5 Å². The molecule has 1 saturated heterocycles. The van der Waals surface area contributed by atoms with Crippen LogP contribution in [0.2, 0.25) is 0 Å². The number of carbonyl (C=O) groups excluding carboxylic acids is 1. The van der Waals surface area contributed by atoms with Gasteiger partial charge in [0.25, 0.3) is 5.89 Å². The van der Waals surface area contributed by atoms with Crippen molar-refractivity contribution in [3.63, 3.8) is 0 Å². The molecule has 1 amide bonds. The molecule has 1 aromatic heterocycles. The van der Waals surface area contributed by atoms with Crippen molar-refractivity contribution in [1.82, 2.24) is 20.8 Å². The summed E-state index contributed by atoms with van der Waals surface area (Å²) >= 11 is 0. The molecule has 4 rings (SSSR count). The first-order chi connectivity index (χ1) is 12.7. The minimum absolute atomic E-state index is 0. The lowest BCUT2D eigenvalue weighted by molar-refractivity contribution is -0.123. The van der Waals surface area contributed by atoms with Gasteiger partial charge in [0.2, 0.25) is 5.91 Å². The second-order valence-electron chi connectivity index (χ2n) is 7.48. The number of aromatic nitrogens is 2. The van der Waals surface area contributed by atoms with Crippen molar-refractivity contribution < 1.29 is 9.32 Å². The Morgan fingerprint density at radius 3 is 2.70 bits per heavy atom. The van der Waals surface area contributed by atoms with Crippen LogP contribution in [0, 0.1) is 11.3 Å². The van der Waals surface area contributed by atoms with Gasteiger partial charge in [-0.05, 0) is 61.9 Å². The summed E-state index contributed by atoms with van der Waals surface area (Å²) in [7, 11) is 0. The van der Waals surface area contributed by atoms with Crippen molar-refractivity contribution in [1.29, 1.82) is 0 Å². The lowest BCUT2D eigenvalue weighted by atomic mass is 9.92. The van der Waals surface area contributed by atoms with Gasteiger partial charge in [0.05, 0.1) is 0 Å². The Morgan fingerprint density at radius 1 is 1.30 bits per heavy atom. The van der Waals surface area contributed by atoms with Crippen molar-refractivity contribution >= 4 is 18.3 Å². The fraction of sp³-hybridized carbons (Fsp3) is 0.550. The molecule has 27 heavy (non-hydrogen) atoms. The Kier molecular flexibility index (Phi) is 6.17. The van der Waals surface area contributed by atoms with Crippen LogP contribution in [-0.4, -0.2) is 35.7 Å². The number of nitrogens with zero attached hydrogens (tertiary/aromatic N) is 2. The van der Waals surface area contributed by atoms with Crippen LogP contribution in [0.1, 0.15) is 37.6 Å². The summed E-state index contributed by atoms with van der Waals surface area (Å²) in [6, 6.07) is 8.11. The molecule has 2 fully saturated rings. The molecule has 1 atom stereocenters. The van der Waals surface area contributed by atoms with Gasteiger partial charge in [-0.1, -0.05) is 24.2 Å². The first-order valence-electron chi connectivity index (χ1n) is 9.60. The Balaban J connectivity index is 0.00000210. The molecule has 2 N–H and O–H groups in total. The predicted octanol–water partition coefficient (Wildman–Crippen LogP) is 2.77. The smallest absolute Gasteiger partial charge is 0.257 e. The molecule has 0 bridgehead atoms. The monoisotopic (exact) mass is 390 g/mol. The number of nitrogens with one attached hydrogen (secondary N) is 2. The third kappa shape index (κ3) is 4.33. The van der Waals surface area contributed by atoms with E-state index in [0.717, 1.165) is 56.6 Å². The van der Waals surface area contributed by atoms with Crippen molar-refractivity contribution in [2.75, 3.05) is 19.6 Å². The van der Waals surface area contributed by atoms with E-state index < -0.39 is 0 Å². The van der Waals surface area contributed by atoms with Crippen molar-refractivity contribution in [3.05, 3.63) is 35.7 Å². The molecule has 146 valence electrons. The average Bonchev–Trinajstić information content (AvgIpc) is 3.15. The maximum absolute atomic E-state index is 12.4. The van der Waals surface area contributed by atoms with E-state index in [1.54, 1.807) is 0 Å². The normalized spacial score (nSPS) is 20.1. The third-order valence-corrected chi connectivity index (χ3v) is 5.80. The summed E-state index contributed by atoms with van der Waals surface area (Å²) in [5, 5.41) is 10.4. The summed E-state index contributed by atoms with van der Waals surface area (Å²) in [6.45, 7) is 4.79. The van der Waals surface area contributed by atoms with Crippen LogP contribution in [0.5, 0.6) is 0 Å². The number of amides is 1. The zero-order chi connectivity index (χ0) is 18.0. The van der Waals surface area contributed by atoms with E-state index in [1.165, 1.54) is 5.56 Å². The first kappa shape index (κ1) is 19.8. The van der Waals surface area contributed by atoms with Gasteiger partial charge in [-0.25, -0.2) is 0 Å². The van der Waals surface area contributed by atoms with E-state index in [-0.39, 0.29) is 24.2 Å². The first-order valence-corrected chi connectivity index (χ1v) is 9.60. The SMILES string of the molecule is CCc1noc(-c2ccc(CCNC(=O)C3CC34CCNCC4)cc2)n1.Cl. The van der Waals surface area contributed by atoms with Crippen molar-refractivity contribution in [3.8, 4) is 11.5 Å². The van der Waals surface area contributed by atoms with E-state index in [1.807, 2.05) is 19.1 Å². The average molecular weight is 391 g/mol. The van der Waals surface area contributed by atoms with E-state index in [9.17, 15) is 4.79 Å². The predicted molar refractivity (Wildman–Crippen MR) is 106 cm³/mol. The molecule has 1 saturated carbocycles. The zero-order valence-electron chi connectivity index (χ0n) is 15.7. The largest absolute Gasteiger partial charge is 0.356 e. The number of hydrogen-bond donors (Lipinski definition) is 2. The highest BCUT2D eigenvalue weighted by Crippen LogP contribution is 2.58. The molecule has 1 aromatic carbocycles. The summed E-state index contributed by atoms with van der Waals surface area (Å²) in [5.74, 6) is 1.75. The van der Waals surface area contributed by atoms with Crippen LogP contribution >= 0.6 is 12.4 Å². The Bertz CT molecular complexity index is 769. The molecule has 1 spiro atoms. The van der Waals surface area contributed by atoms with Gasteiger partial charge in [-0.15, -0.1) is 12.4 Å². The van der Waals surface area contributed by atoms with Crippen molar-refractivity contribution in [2.24, 2.45) is 11.3 Å². The number of hydrogen-bond acceptors (Lipinski definition) is 5. The molecule has 2 aliphatic rings. The van der Waals surface area contributed by atoms with E-state index in [2.05, 4.69) is 32.9 Å². The topological polar surface area (TPSA) is 80.0 Å². The highest BCUT2D eigenvalue weighted by atomic mass is 35.5. The molecule has 7 heteroatoms. The number of rotatable bonds is 6. The maximum Gasteiger partial charge on any atom is 0.257 e. The Morgan fingerprint density at radius 2 is 2.04 bits per heavy atom. The fourth-order valence-electron chi connectivity index (χ4n) is 3.98. The number of aryl methyl sites for hydroxylation is 1. The summed E-state index contributed by atoms with van der Waals surface area (Å²) < 4.78 is 5.26. The van der Waals surface area contributed by atoms with Crippen molar-refractivity contribution in [2.45, 2.75) is 39.0 Å². The number of benzene rings is 1. The molecular formula is C20H27ClN4O2. The Labute approximate surface area is 165 Å². The second kappa shape index (κ2) is 8.40. The van der Waals surface area contributed by atoms with Gasteiger partial charge in [-0.2, -0.15) is 4.98 Å². The van der Waals surface area contributed by atoms with Crippen LogP contribution in [0.4, 0.5) is 0 Å². The van der Waals surface area contributed by atoms with Crippen LogP contribution < -0.4 is 10.6 Å². The third-order valence-electron chi connectivity index (χ3n) is 5.80. The van der Waals surface area contributed by atoms with E-state index >= 15 is 0 Å². The van der Waals surface area contributed by atoms with Crippen LogP contribution in [0.3, 0.4) is 0 Å². The number of halogens is 1. The lowest BCUT2D eigenvalue weighted by Gasteiger charge is -2.23. The lowest BCUT2D eigenvalue weighted by Crippen LogP contribution is -2.34. The summed E-state index contributed by atoms with van der Waals surface area (Å²) in [6.07, 6.45) is 4.94. The van der Waals surface area contributed by atoms with Gasteiger partial charge >= 0.3 is 0 Å². The van der Waals surface area contributed by atoms with Gasteiger partial charge < -0.3 is 15.2 Å². The quantitative estimate of drug-likeness (QED) is 0.792. The Hall–Kier alpha value is -1.92. The summed E-state index contributed by atoms with van der Waals surface area (Å²) in [5.41, 5.74) is 2.42. The van der Waals surface area contributed by atoms with Gasteiger partial charge in [0.15, 0.2) is 5.82 Å². The molecular weight excluding hydrogens is 364 g/mol. The maximum atomic E-state index is 12.4. The molecule has 1 unspecified atom stereocenters. The van der Waals surface area contributed by atoms with E-state index in [0.29, 0.717) is 17.9 Å². The van der Waals surface area contributed by atoms with Crippen LogP contribution in [-0.2, 0) is 17.6 Å². The van der Waals surface area contributed by atoms with E-state index in [4.69, 9.17) is 4.52 Å². The number of carbonyl (C=O) groups is 1. The zero-order valence-corrected chi connectivity index (χ0v) is 16.5. The highest BCUT2D eigenvalue weighted by molar-refractivity contribution is 5.85. The fourth-order valence-corrected chi connectivity index (χ4v) is 3.98. The standard InChI is InChI=1S/C20H26N4O2.ClH/c1-2-17-23-19(26-24-17)15-5-3-14(4-6-15)7-10-22-18(25)16-13-20(16)8-11-21-12-9-20;/h3-6,16,21H,2,7-13H2,1H3,(H,22,25);1H. The van der Waals surface area contributed by atoms with Gasteiger partial charge in [-0.3, -0.25) is 4.79 Å². The minimum Gasteiger partial charge on any atom is -0.356 e. The van der Waals surface area contributed by atoms with Gasteiger partial charge in [0.1, 0.15) is 0 Å². The molecule has 1 aliphatic carbocycles. The highest BCUT2D eigenvalue weighted by Gasteiger charge is 2.57. The molecule has 2 heterocycles. The second-order valence-corrected chi connectivity index (χ2v) is 7.48. The molecule has 1 aliphatic heterocycles. The van der Waals surface area contributed by atoms with Crippen LogP contribution in [0.15, 0.2) is 28.8 Å². The molecule has 0 radical (unpaired) electrons. The molecule has 2 aromatic rings. The number of piperidine rings is 1. The minimum atomic E-state index is 0. The van der Waals surface area contributed by atoms with Gasteiger partial charge in [0, 0.05) is 24.4 Å².